The van der Waals surface area contributed by atoms with Gasteiger partial charge in [0, 0.05) is 22.6 Å². The summed E-state index contributed by atoms with van der Waals surface area (Å²) in [5.41, 5.74) is 3.65. The molecule has 0 aliphatic heterocycles. The molecule has 0 aliphatic rings. The number of nitrogens with one attached hydrogen (secondary N) is 2. The molecule has 2 N–H and O–H groups in total. The molecule has 3 rings (SSSR count). The minimum Gasteiger partial charge on any atom is -0.465 e. The van der Waals surface area contributed by atoms with Crippen LogP contribution in [0.2, 0.25) is 5.02 Å². The van der Waals surface area contributed by atoms with Crippen LogP contribution in [-0.2, 0) is 4.74 Å². The van der Waals surface area contributed by atoms with Crippen LogP contribution in [-0.4, -0.2) is 24.0 Å². The van der Waals surface area contributed by atoms with Crippen LogP contribution >= 0.6 is 11.6 Å². The summed E-state index contributed by atoms with van der Waals surface area (Å²) in [5.74, 6) is -0.710. The van der Waals surface area contributed by atoms with Gasteiger partial charge in [0.25, 0.3) is 5.91 Å². The highest BCUT2D eigenvalue weighted by atomic mass is 35.5. The van der Waals surface area contributed by atoms with Gasteiger partial charge < -0.3 is 15.4 Å². The highest BCUT2D eigenvalue weighted by molar-refractivity contribution is 6.30. The molecular weight excluding hydrogens is 378 g/mol. The smallest absolute Gasteiger partial charge is 0.337 e. The monoisotopic (exact) mass is 395 g/mol. The van der Waals surface area contributed by atoms with Gasteiger partial charge in [-0.1, -0.05) is 17.7 Å². The number of amides is 1. The van der Waals surface area contributed by atoms with E-state index >= 15 is 0 Å². The number of hydrogen-bond donors (Lipinski definition) is 2. The second-order valence-electron chi connectivity index (χ2n) is 6.07. The predicted octanol–water partition coefficient (Wildman–Crippen LogP) is 4.83. The number of hydrogen-bond acceptors (Lipinski definition) is 5. The average Bonchev–Trinajstić information content (AvgIpc) is 2.70. The average molecular weight is 396 g/mol. The Morgan fingerprint density at radius 2 is 1.79 bits per heavy atom. The molecule has 0 aliphatic carbocycles. The van der Waals surface area contributed by atoms with Crippen molar-refractivity contribution in [1.29, 1.82) is 0 Å². The summed E-state index contributed by atoms with van der Waals surface area (Å²) < 4.78 is 4.73. The van der Waals surface area contributed by atoms with Crippen LogP contribution in [0.15, 0.2) is 60.9 Å². The summed E-state index contributed by atoms with van der Waals surface area (Å²) in [5, 5.41) is 6.59. The number of pyridine rings is 1. The van der Waals surface area contributed by atoms with Gasteiger partial charge in [0.15, 0.2) is 0 Å². The molecule has 0 saturated carbocycles. The number of rotatable bonds is 5. The molecule has 28 heavy (non-hydrogen) atoms. The normalized spacial score (nSPS) is 10.2. The lowest BCUT2D eigenvalue weighted by Gasteiger charge is -2.11. The van der Waals surface area contributed by atoms with Gasteiger partial charge in [0.05, 0.1) is 30.1 Å². The van der Waals surface area contributed by atoms with Gasteiger partial charge in [-0.2, -0.15) is 0 Å². The summed E-state index contributed by atoms with van der Waals surface area (Å²) >= 11 is 5.95. The molecule has 1 aromatic heterocycles. The first kappa shape index (κ1) is 19.4. The van der Waals surface area contributed by atoms with Crippen molar-refractivity contribution in [2.45, 2.75) is 6.92 Å². The third-order valence-corrected chi connectivity index (χ3v) is 4.24. The Kier molecular flexibility index (Phi) is 5.91. The fourth-order valence-electron chi connectivity index (χ4n) is 2.60. The summed E-state index contributed by atoms with van der Waals surface area (Å²) in [6.07, 6.45) is 3.08. The Morgan fingerprint density at radius 1 is 1.00 bits per heavy atom. The number of ether oxygens (including phenoxy) is 1. The number of carbonyl (C=O) groups excluding carboxylic acids is 2. The van der Waals surface area contributed by atoms with Gasteiger partial charge in [-0.25, -0.2) is 4.79 Å². The number of nitrogens with zero attached hydrogens (tertiary/aromatic N) is 1. The zero-order valence-corrected chi connectivity index (χ0v) is 16.1. The van der Waals surface area contributed by atoms with E-state index in [9.17, 15) is 9.59 Å². The van der Waals surface area contributed by atoms with Crippen LogP contribution in [0.5, 0.6) is 0 Å². The van der Waals surface area contributed by atoms with Crippen molar-refractivity contribution in [3.63, 3.8) is 0 Å². The Morgan fingerprint density at radius 3 is 2.54 bits per heavy atom. The van der Waals surface area contributed by atoms with E-state index in [4.69, 9.17) is 16.3 Å². The summed E-state index contributed by atoms with van der Waals surface area (Å²) in [6.45, 7) is 1.87. The van der Waals surface area contributed by atoms with Crippen molar-refractivity contribution < 1.29 is 14.3 Å². The lowest BCUT2D eigenvalue weighted by atomic mass is 10.1. The number of benzene rings is 2. The molecule has 1 amide bonds. The lowest BCUT2D eigenvalue weighted by molar-refractivity contribution is 0.0600. The molecular formula is C21H18ClN3O3. The topological polar surface area (TPSA) is 80.3 Å². The van der Waals surface area contributed by atoms with Crippen LogP contribution in [0.4, 0.5) is 17.1 Å². The number of carbonyl (C=O) groups is 2. The van der Waals surface area contributed by atoms with E-state index in [1.807, 2.05) is 6.92 Å². The minimum absolute atomic E-state index is 0.287. The second-order valence-corrected chi connectivity index (χ2v) is 6.51. The molecule has 7 heteroatoms. The minimum atomic E-state index is -0.423. The van der Waals surface area contributed by atoms with Crippen LogP contribution in [0.25, 0.3) is 0 Å². The molecule has 0 unspecified atom stereocenters. The van der Waals surface area contributed by atoms with E-state index in [0.717, 1.165) is 5.56 Å². The van der Waals surface area contributed by atoms with E-state index in [0.29, 0.717) is 33.2 Å². The maximum Gasteiger partial charge on any atom is 0.337 e. The predicted molar refractivity (Wildman–Crippen MR) is 109 cm³/mol. The number of anilines is 3. The first-order valence-electron chi connectivity index (χ1n) is 8.44. The Labute approximate surface area is 167 Å². The molecule has 0 radical (unpaired) electrons. The summed E-state index contributed by atoms with van der Waals surface area (Å²) in [4.78, 5) is 28.3. The highest BCUT2D eigenvalue weighted by Crippen LogP contribution is 2.22. The zero-order chi connectivity index (χ0) is 20.1. The van der Waals surface area contributed by atoms with Crippen molar-refractivity contribution in [1.82, 2.24) is 4.98 Å². The lowest BCUT2D eigenvalue weighted by Crippen LogP contribution is -2.13. The number of halogens is 1. The standard InChI is InChI=1S/C21H18ClN3O3/c1-13-8-16(22)6-7-19(13)25-20(26)15-10-18(12-23-11-15)24-17-5-3-4-14(9-17)21(27)28-2/h3-12,24H,1-2H3,(H,25,26). The maximum absolute atomic E-state index is 12.6. The SMILES string of the molecule is COC(=O)c1cccc(Nc2cncc(C(=O)Nc3ccc(Cl)cc3C)c2)c1. The fraction of sp³-hybridized carbons (Fsp3) is 0.0952. The van der Waals surface area contributed by atoms with E-state index in [2.05, 4.69) is 15.6 Å². The van der Waals surface area contributed by atoms with Crippen LogP contribution in [0, 0.1) is 6.92 Å². The van der Waals surface area contributed by atoms with Crippen LogP contribution in [0.3, 0.4) is 0 Å². The van der Waals surface area contributed by atoms with Gasteiger partial charge in [-0.05, 0) is 55.0 Å². The molecule has 1 heterocycles. The van der Waals surface area contributed by atoms with Crippen LogP contribution < -0.4 is 10.6 Å². The fourth-order valence-corrected chi connectivity index (χ4v) is 2.83. The number of esters is 1. The molecule has 0 fully saturated rings. The van der Waals surface area contributed by atoms with E-state index in [1.54, 1.807) is 54.7 Å². The largest absolute Gasteiger partial charge is 0.465 e. The molecule has 0 atom stereocenters. The van der Waals surface area contributed by atoms with Crippen molar-refractivity contribution >= 4 is 40.5 Å². The first-order chi connectivity index (χ1) is 13.5. The molecule has 0 saturated heterocycles. The van der Waals surface area contributed by atoms with Crippen LogP contribution in [0.1, 0.15) is 26.3 Å². The molecule has 3 aromatic rings. The highest BCUT2D eigenvalue weighted by Gasteiger charge is 2.10. The maximum atomic E-state index is 12.6. The number of aromatic nitrogens is 1. The van der Waals surface area contributed by atoms with Crippen molar-refractivity contribution in [3.8, 4) is 0 Å². The van der Waals surface area contributed by atoms with Crippen molar-refractivity contribution in [2.75, 3.05) is 17.7 Å². The third kappa shape index (κ3) is 4.66. The molecule has 142 valence electrons. The number of methoxy groups -OCH3 is 1. The molecule has 2 aromatic carbocycles. The summed E-state index contributed by atoms with van der Waals surface area (Å²) in [7, 11) is 1.33. The molecule has 6 nitrogen and oxygen atoms in total. The summed E-state index contributed by atoms with van der Waals surface area (Å²) in [6, 6.07) is 13.8. The Balaban J connectivity index is 1.77. The van der Waals surface area contributed by atoms with E-state index < -0.39 is 5.97 Å². The molecule has 0 spiro atoms. The third-order valence-electron chi connectivity index (χ3n) is 4.01. The van der Waals surface area contributed by atoms with Crippen molar-refractivity contribution in [2.24, 2.45) is 0 Å². The Bertz CT molecular complexity index is 1040. The zero-order valence-electron chi connectivity index (χ0n) is 15.3. The first-order valence-corrected chi connectivity index (χ1v) is 8.82. The van der Waals surface area contributed by atoms with Gasteiger partial charge in [0.2, 0.25) is 0 Å². The van der Waals surface area contributed by atoms with E-state index in [1.165, 1.54) is 13.3 Å². The number of aryl methyl sites for hydroxylation is 1. The Hall–Kier alpha value is -3.38. The van der Waals surface area contributed by atoms with Crippen molar-refractivity contribution in [3.05, 3.63) is 82.6 Å². The van der Waals surface area contributed by atoms with Gasteiger partial charge in [0.1, 0.15) is 0 Å². The quantitative estimate of drug-likeness (QED) is 0.605. The molecule has 0 bridgehead atoms. The van der Waals surface area contributed by atoms with E-state index in [-0.39, 0.29) is 5.91 Å². The van der Waals surface area contributed by atoms with Gasteiger partial charge in [-0.15, -0.1) is 0 Å². The van der Waals surface area contributed by atoms with Gasteiger partial charge in [-0.3, -0.25) is 9.78 Å². The second kappa shape index (κ2) is 8.54. The van der Waals surface area contributed by atoms with Gasteiger partial charge >= 0.3 is 5.97 Å².